The molecule has 1 aliphatic heterocycles. The number of benzene rings is 1. The number of hydrogen-bond acceptors (Lipinski definition) is 3. The van der Waals surface area contributed by atoms with E-state index in [1.165, 1.54) is 16.9 Å². The van der Waals surface area contributed by atoms with Gasteiger partial charge < -0.3 is 10.6 Å². The Morgan fingerprint density at radius 1 is 1.36 bits per heavy atom. The van der Waals surface area contributed by atoms with Crippen LogP contribution in [0.2, 0.25) is 5.02 Å². The average molecular weight is 331 g/mol. The van der Waals surface area contributed by atoms with Crippen LogP contribution in [0, 0.1) is 0 Å². The Balaban J connectivity index is 1.65. The second kappa shape index (κ2) is 6.81. The third-order valence-corrected chi connectivity index (χ3v) is 4.54. The molecule has 0 atom stereocenters. The molecule has 3 nitrogen and oxygen atoms in total. The van der Waals surface area contributed by atoms with E-state index in [-0.39, 0.29) is 12.3 Å². The molecule has 1 amide bonds. The van der Waals surface area contributed by atoms with E-state index in [4.69, 9.17) is 11.6 Å². The van der Waals surface area contributed by atoms with Gasteiger partial charge in [0.25, 0.3) is 0 Å². The molecule has 0 aliphatic carbocycles. The minimum absolute atomic E-state index is 0.0590. The summed E-state index contributed by atoms with van der Waals surface area (Å²) in [5.41, 5.74) is 3.12. The second-order valence-electron chi connectivity index (χ2n) is 4.92. The van der Waals surface area contributed by atoms with Gasteiger partial charge in [0.15, 0.2) is 0 Å². The first-order valence-electron chi connectivity index (χ1n) is 6.94. The molecule has 2 aromatic rings. The number of carbonyl (C=O) groups excluding carboxylic acids is 1. The predicted molar refractivity (Wildman–Crippen MR) is 93.2 cm³/mol. The van der Waals surface area contributed by atoms with Gasteiger partial charge in [0.05, 0.1) is 11.4 Å². The van der Waals surface area contributed by atoms with Crippen molar-refractivity contribution in [2.45, 2.75) is 6.42 Å². The van der Waals surface area contributed by atoms with Crippen molar-refractivity contribution in [3.63, 3.8) is 0 Å². The van der Waals surface area contributed by atoms with Crippen LogP contribution in [-0.2, 0) is 11.2 Å². The maximum absolute atomic E-state index is 12.1. The fourth-order valence-corrected chi connectivity index (χ4v) is 3.25. The van der Waals surface area contributed by atoms with Crippen molar-refractivity contribution >= 4 is 39.4 Å². The number of halogens is 1. The number of anilines is 1. The van der Waals surface area contributed by atoms with E-state index in [2.05, 4.69) is 16.7 Å². The highest BCUT2D eigenvalue weighted by molar-refractivity contribution is 7.14. The van der Waals surface area contributed by atoms with Crippen LogP contribution in [0.4, 0.5) is 5.00 Å². The van der Waals surface area contributed by atoms with Crippen molar-refractivity contribution in [3.8, 4) is 0 Å². The number of nitrogens with one attached hydrogen (secondary N) is 2. The van der Waals surface area contributed by atoms with Crippen molar-refractivity contribution in [1.82, 2.24) is 5.32 Å². The van der Waals surface area contributed by atoms with Crippen LogP contribution in [-0.4, -0.2) is 12.5 Å². The molecular formula is C17H15ClN2OS. The molecule has 1 aliphatic rings. The van der Waals surface area contributed by atoms with Gasteiger partial charge in [0.1, 0.15) is 0 Å². The van der Waals surface area contributed by atoms with Crippen LogP contribution in [0.3, 0.4) is 0 Å². The Morgan fingerprint density at radius 2 is 2.23 bits per heavy atom. The second-order valence-corrected chi connectivity index (χ2v) is 6.24. The van der Waals surface area contributed by atoms with E-state index >= 15 is 0 Å². The molecule has 22 heavy (non-hydrogen) atoms. The summed E-state index contributed by atoms with van der Waals surface area (Å²) in [6.07, 6.45) is 6.36. The monoisotopic (exact) mass is 330 g/mol. The summed E-state index contributed by atoms with van der Waals surface area (Å²) in [6.45, 7) is 0.829. The van der Waals surface area contributed by atoms with E-state index < -0.39 is 0 Å². The molecule has 1 aromatic heterocycles. The lowest BCUT2D eigenvalue weighted by molar-refractivity contribution is -0.115. The zero-order valence-corrected chi connectivity index (χ0v) is 13.4. The van der Waals surface area contributed by atoms with Crippen molar-refractivity contribution in [2.75, 3.05) is 11.9 Å². The fourth-order valence-electron chi connectivity index (χ4n) is 2.22. The minimum atomic E-state index is -0.0590. The highest BCUT2D eigenvalue weighted by atomic mass is 35.5. The van der Waals surface area contributed by atoms with Gasteiger partial charge in [-0.25, -0.2) is 0 Å². The number of thiophene rings is 1. The maximum Gasteiger partial charge on any atom is 0.229 e. The van der Waals surface area contributed by atoms with Crippen molar-refractivity contribution in [2.24, 2.45) is 0 Å². The number of dihydropyridines is 1. The van der Waals surface area contributed by atoms with Gasteiger partial charge in [-0.05, 0) is 41.1 Å². The Hall–Kier alpha value is -2.04. The quantitative estimate of drug-likeness (QED) is 0.886. The number of hydrogen-bond donors (Lipinski definition) is 2. The lowest BCUT2D eigenvalue weighted by Crippen LogP contribution is -2.13. The molecule has 0 fully saturated rings. The summed E-state index contributed by atoms with van der Waals surface area (Å²) in [4.78, 5) is 12.1. The highest BCUT2D eigenvalue weighted by Gasteiger charge is 2.10. The molecule has 2 N–H and O–H groups in total. The normalized spacial score (nSPS) is 13.4. The molecule has 2 heterocycles. The summed E-state index contributed by atoms with van der Waals surface area (Å²) < 4.78 is 0. The van der Waals surface area contributed by atoms with Crippen molar-refractivity contribution in [1.29, 1.82) is 0 Å². The van der Waals surface area contributed by atoms with E-state index in [0.29, 0.717) is 5.02 Å². The first-order chi connectivity index (χ1) is 10.7. The summed E-state index contributed by atoms with van der Waals surface area (Å²) >= 11 is 7.60. The Kier molecular flexibility index (Phi) is 4.61. The largest absolute Gasteiger partial charge is 0.387 e. The molecule has 0 saturated heterocycles. The Morgan fingerprint density at radius 3 is 3.00 bits per heavy atom. The maximum atomic E-state index is 12.1. The molecule has 0 bridgehead atoms. The van der Waals surface area contributed by atoms with E-state index in [9.17, 15) is 4.79 Å². The summed E-state index contributed by atoms with van der Waals surface area (Å²) in [5, 5.41) is 9.57. The molecule has 0 unspecified atom stereocenters. The van der Waals surface area contributed by atoms with Crippen LogP contribution in [0.15, 0.2) is 54.1 Å². The molecule has 0 radical (unpaired) electrons. The van der Waals surface area contributed by atoms with Gasteiger partial charge >= 0.3 is 0 Å². The average Bonchev–Trinajstić information content (AvgIpc) is 2.99. The molecule has 0 spiro atoms. The van der Waals surface area contributed by atoms with E-state index in [0.717, 1.165) is 22.7 Å². The Labute approximate surface area is 138 Å². The van der Waals surface area contributed by atoms with Gasteiger partial charge in [-0.3, -0.25) is 4.79 Å². The molecule has 5 heteroatoms. The number of carbonyl (C=O) groups is 1. The van der Waals surface area contributed by atoms with Gasteiger partial charge in [0.2, 0.25) is 5.91 Å². The van der Waals surface area contributed by atoms with Crippen molar-refractivity contribution in [3.05, 3.63) is 70.2 Å². The van der Waals surface area contributed by atoms with Crippen LogP contribution >= 0.6 is 22.9 Å². The SMILES string of the molecule is O=C(Cc1ccccc1Cl)Nc1cc(C2=CCNC=C2)cs1. The number of rotatable bonds is 4. The molecular weight excluding hydrogens is 316 g/mol. The van der Waals surface area contributed by atoms with E-state index in [1.807, 2.05) is 41.9 Å². The van der Waals surface area contributed by atoms with Gasteiger partial charge in [-0.2, -0.15) is 0 Å². The standard InChI is InChI=1S/C17H15ClN2OS/c18-15-4-2-1-3-13(15)9-16(21)20-17-10-14(11-22-17)12-5-7-19-8-6-12/h1-7,10-11,19H,8-9H2,(H,20,21). The van der Waals surface area contributed by atoms with E-state index in [1.54, 1.807) is 6.07 Å². The number of amides is 1. The Bertz CT molecular complexity index is 749. The topological polar surface area (TPSA) is 41.1 Å². The van der Waals surface area contributed by atoms with Crippen LogP contribution < -0.4 is 10.6 Å². The van der Waals surface area contributed by atoms with Gasteiger partial charge in [-0.15, -0.1) is 11.3 Å². The predicted octanol–water partition coefficient (Wildman–Crippen LogP) is 4.08. The molecule has 0 saturated carbocycles. The summed E-state index contributed by atoms with van der Waals surface area (Å²) in [5.74, 6) is -0.0590. The smallest absolute Gasteiger partial charge is 0.229 e. The van der Waals surface area contributed by atoms with Crippen LogP contribution in [0.5, 0.6) is 0 Å². The third kappa shape index (κ3) is 3.59. The highest BCUT2D eigenvalue weighted by Crippen LogP contribution is 2.27. The van der Waals surface area contributed by atoms with Crippen LogP contribution in [0.1, 0.15) is 11.1 Å². The third-order valence-electron chi connectivity index (χ3n) is 3.32. The first-order valence-corrected chi connectivity index (χ1v) is 8.20. The van der Waals surface area contributed by atoms with Gasteiger partial charge in [-0.1, -0.05) is 35.9 Å². The zero-order chi connectivity index (χ0) is 15.4. The first kappa shape index (κ1) is 14.9. The summed E-state index contributed by atoms with van der Waals surface area (Å²) in [6, 6.07) is 9.40. The zero-order valence-electron chi connectivity index (χ0n) is 11.8. The minimum Gasteiger partial charge on any atom is -0.387 e. The lowest BCUT2D eigenvalue weighted by Gasteiger charge is -2.06. The van der Waals surface area contributed by atoms with Crippen molar-refractivity contribution < 1.29 is 4.79 Å². The number of allylic oxidation sites excluding steroid dienone is 2. The van der Waals surface area contributed by atoms with Crippen LogP contribution in [0.25, 0.3) is 5.57 Å². The summed E-state index contributed by atoms with van der Waals surface area (Å²) in [7, 11) is 0. The molecule has 1 aromatic carbocycles. The molecule has 3 rings (SSSR count). The van der Waals surface area contributed by atoms with Gasteiger partial charge in [0, 0.05) is 16.9 Å². The molecule has 112 valence electrons. The lowest BCUT2D eigenvalue weighted by atomic mass is 10.1. The fraction of sp³-hybridized carbons (Fsp3) is 0.118.